The number of carbonyl (C=O) groups is 2. The zero-order chi connectivity index (χ0) is 21.8. The molecule has 7 heteroatoms. The van der Waals surface area contributed by atoms with Crippen LogP contribution in [0.4, 0.5) is 0 Å². The number of benzene rings is 2. The number of esters is 1. The van der Waals surface area contributed by atoms with Gasteiger partial charge in [0.1, 0.15) is 5.75 Å². The highest BCUT2D eigenvalue weighted by Crippen LogP contribution is 2.34. The molecule has 7 nitrogen and oxygen atoms in total. The summed E-state index contributed by atoms with van der Waals surface area (Å²) in [5.41, 5.74) is 2.44. The van der Waals surface area contributed by atoms with Gasteiger partial charge in [-0.3, -0.25) is 4.79 Å². The van der Waals surface area contributed by atoms with E-state index in [9.17, 15) is 14.7 Å². The van der Waals surface area contributed by atoms with Crippen molar-refractivity contribution < 1.29 is 28.9 Å². The van der Waals surface area contributed by atoms with Gasteiger partial charge in [0, 0.05) is 5.70 Å². The maximum atomic E-state index is 13.2. The summed E-state index contributed by atoms with van der Waals surface area (Å²) in [6.45, 7) is 2.01. The van der Waals surface area contributed by atoms with Crippen molar-refractivity contribution in [2.45, 2.75) is 13.5 Å². The van der Waals surface area contributed by atoms with Crippen molar-refractivity contribution in [2.75, 3.05) is 21.3 Å². The normalized spacial score (nSPS) is 15.0. The minimum Gasteiger partial charge on any atom is -0.504 e. The Balaban J connectivity index is 2.00. The molecule has 1 N–H and O–H groups in total. The SMILES string of the molecule is COC(=O)C1=C(C)N(Cc2ccc(OC)cc2)C(=O)/C1=C\c1ccc(O)c(OC)c1. The predicted octanol–water partition coefficient (Wildman–Crippen LogP) is 3.28. The van der Waals surface area contributed by atoms with Gasteiger partial charge >= 0.3 is 5.97 Å². The van der Waals surface area contributed by atoms with Gasteiger partial charge in [-0.05, 0) is 48.4 Å². The van der Waals surface area contributed by atoms with E-state index >= 15 is 0 Å². The molecular formula is C23H23NO6. The number of hydrogen-bond acceptors (Lipinski definition) is 6. The maximum Gasteiger partial charge on any atom is 0.340 e. The van der Waals surface area contributed by atoms with Crippen molar-refractivity contribution in [3.05, 3.63) is 70.4 Å². The molecule has 0 saturated carbocycles. The molecule has 1 heterocycles. The summed E-state index contributed by atoms with van der Waals surface area (Å²) >= 11 is 0. The molecule has 2 aromatic rings. The molecule has 0 aliphatic carbocycles. The van der Waals surface area contributed by atoms with Crippen LogP contribution in [0.5, 0.6) is 17.2 Å². The zero-order valence-corrected chi connectivity index (χ0v) is 17.3. The molecule has 0 bridgehead atoms. The van der Waals surface area contributed by atoms with E-state index in [1.807, 2.05) is 24.3 Å². The molecule has 1 amide bonds. The summed E-state index contributed by atoms with van der Waals surface area (Å²) in [5.74, 6) is 0.0744. The van der Waals surface area contributed by atoms with Crippen LogP contribution in [0, 0.1) is 0 Å². The number of phenolic OH excluding ortho intramolecular Hbond substituents is 1. The van der Waals surface area contributed by atoms with Crippen LogP contribution in [0.1, 0.15) is 18.1 Å². The second-order valence-corrected chi connectivity index (χ2v) is 6.68. The van der Waals surface area contributed by atoms with E-state index in [0.29, 0.717) is 17.8 Å². The maximum absolute atomic E-state index is 13.2. The van der Waals surface area contributed by atoms with Crippen LogP contribution < -0.4 is 9.47 Å². The van der Waals surface area contributed by atoms with Crippen molar-refractivity contribution in [3.63, 3.8) is 0 Å². The summed E-state index contributed by atoms with van der Waals surface area (Å²) in [5, 5.41) is 9.80. The highest BCUT2D eigenvalue weighted by atomic mass is 16.5. The molecule has 0 saturated heterocycles. The Hall–Kier alpha value is -3.74. The Morgan fingerprint density at radius 1 is 1.07 bits per heavy atom. The Labute approximate surface area is 174 Å². The van der Waals surface area contributed by atoms with Crippen LogP contribution in [-0.4, -0.2) is 43.2 Å². The van der Waals surface area contributed by atoms with E-state index < -0.39 is 5.97 Å². The first-order valence-corrected chi connectivity index (χ1v) is 9.22. The van der Waals surface area contributed by atoms with E-state index in [1.54, 1.807) is 32.2 Å². The van der Waals surface area contributed by atoms with Crippen LogP contribution in [-0.2, 0) is 20.9 Å². The smallest absolute Gasteiger partial charge is 0.340 e. The molecule has 1 aliphatic heterocycles. The number of allylic oxidation sites excluding steroid dienone is 1. The Kier molecular flexibility index (Phi) is 6.11. The summed E-state index contributed by atoms with van der Waals surface area (Å²) in [6.07, 6.45) is 1.59. The van der Waals surface area contributed by atoms with E-state index in [0.717, 1.165) is 11.3 Å². The van der Waals surface area contributed by atoms with E-state index in [2.05, 4.69) is 0 Å². The third-order valence-corrected chi connectivity index (χ3v) is 4.92. The lowest BCUT2D eigenvalue weighted by atomic mass is 10.0. The molecule has 2 aromatic carbocycles. The number of aromatic hydroxyl groups is 1. The number of amides is 1. The topological polar surface area (TPSA) is 85.3 Å². The highest BCUT2D eigenvalue weighted by Gasteiger charge is 2.37. The van der Waals surface area contributed by atoms with Crippen LogP contribution in [0.25, 0.3) is 6.08 Å². The number of carbonyl (C=O) groups excluding carboxylic acids is 2. The number of ether oxygens (including phenoxy) is 3. The van der Waals surface area contributed by atoms with Gasteiger partial charge in [-0.15, -0.1) is 0 Å². The minimum absolute atomic E-state index is 0.0153. The number of hydrogen-bond donors (Lipinski definition) is 1. The standard InChI is InChI=1S/C23H23NO6/c1-14-21(23(27)30-4)18(11-16-7-10-19(25)20(12-16)29-3)22(26)24(14)13-15-5-8-17(28-2)9-6-15/h5-12,25H,13H2,1-4H3/b18-11-. The van der Waals surface area contributed by atoms with Crippen LogP contribution in [0.3, 0.4) is 0 Å². The fourth-order valence-corrected chi connectivity index (χ4v) is 3.28. The van der Waals surface area contributed by atoms with Gasteiger partial charge < -0.3 is 24.2 Å². The van der Waals surface area contributed by atoms with Gasteiger partial charge in [0.2, 0.25) is 0 Å². The molecule has 0 unspecified atom stereocenters. The van der Waals surface area contributed by atoms with Gasteiger partial charge in [-0.2, -0.15) is 0 Å². The third kappa shape index (κ3) is 4.00. The summed E-state index contributed by atoms with van der Waals surface area (Å²) < 4.78 is 15.2. The largest absolute Gasteiger partial charge is 0.504 e. The number of nitrogens with zero attached hydrogens (tertiary/aromatic N) is 1. The van der Waals surface area contributed by atoms with Gasteiger partial charge in [0.25, 0.3) is 5.91 Å². The fraction of sp³-hybridized carbons (Fsp3) is 0.217. The average molecular weight is 409 g/mol. The molecular weight excluding hydrogens is 386 g/mol. The Morgan fingerprint density at radius 3 is 2.37 bits per heavy atom. The Morgan fingerprint density at radius 2 is 1.77 bits per heavy atom. The van der Waals surface area contributed by atoms with Crippen molar-refractivity contribution in [3.8, 4) is 17.2 Å². The summed E-state index contributed by atoms with van der Waals surface area (Å²) in [6, 6.07) is 12.0. The number of rotatable bonds is 6. The van der Waals surface area contributed by atoms with Crippen molar-refractivity contribution in [1.82, 2.24) is 4.90 Å². The molecule has 0 radical (unpaired) electrons. The average Bonchev–Trinajstić information content (AvgIpc) is 2.99. The van der Waals surface area contributed by atoms with Gasteiger partial charge in [0.05, 0.1) is 39.0 Å². The predicted molar refractivity (Wildman–Crippen MR) is 111 cm³/mol. The Bertz CT molecular complexity index is 1040. The molecule has 0 atom stereocenters. The molecule has 3 rings (SSSR count). The molecule has 30 heavy (non-hydrogen) atoms. The van der Waals surface area contributed by atoms with E-state index in [-0.39, 0.29) is 28.6 Å². The van der Waals surface area contributed by atoms with Gasteiger partial charge in [-0.1, -0.05) is 18.2 Å². The quantitative estimate of drug-likeness (QED) is 0.582. The highest BCUT2D eigenvalue weighted by molar-refractivity contribution is 6.16. The first-order chi connectivity index (χ1) is 14.4. The zero-order valence-electron chi connectivity index (χ0n) is 17.3. The van der Waals surface area contributed by atoms with Crippen LogP contribution >= 0.6 is 0 Å². The van der Waals surface area contributed by atoms with Gasteiger partial charge in [-0.25, -0.2) is 4.79 Å². The number of phenols is 1. The van der Waals surface area contributed by atoms with E-state index in [4.69, 9.17) is 14.2 Å². The lowest BCUT2D eigenvalue weighted by Gasteiger charge is -2.18. The molecule has 156 valence electrons. The molecule has 1 aliphatic rings. The van der Waals surface area contributed by atoms with Crippen LogP contribution in [0.15, 0.2) is 59.3 Å². The lowest BCUT2D eigenvalue weighted by molar-refractivity contribution is -0.136. The molecule has 0 aromatic heterocycles. The summed E-state index contributed by atoms with van der Waals surface area (Å²) in [4.78, 5) is 27.2. The first-order valence-electron chi connectivity index (χ1n) is 9.22. The number of methoxy groups -OCH3 is 3. The monoisotopic (exact) mass is 409 g/mol. The second kappa shape index (κ2) is 8.73. The van der Waals surface area contributed by atoms with Crippen molar-refractivity contribution >= 4 is 18.0 Å². The van der Waals surface area contributed by atoms with Crippen molar-refractivity contribution in [1.29, 1.82) is 0 Å². The molecule has 0 spiro atoms. The van der Waals surface area contributed by atoms with Crippen molar-refractivity contribution in [2.24, 2.45) is 0 Å². The lowest BCUT2D eigenvalue weighted by Crippen LogP contribution is -2.24. The first kappa shape index (κ1) is 21.0. The fourth-order valence-electron chi connectivity index (χ4n) is 3.28. The minimum atomic E-state index is -0.588. The molecule has 0 fully saturated rings. The van der Waals surface area contributed by atoms with Crippen LogP contribution in [0.2, 0.25) is 0 Å². The van der Waals surface area contributed by atoms with Gasteiger partial charge in [0.15, 0.2) is 11.5 Å². The third-order valence-electron chi connectivity index (χ3n) is 4.92. The van der Waals surface area contributed by atoms with E-state index in [1.165, 1.54) is 25.2 Å². The second-order valence-electron chi connectivity index (χ2n) is 6.68. The summed E-state index contributed by atoms with van der Waals surface area (Å²) in [7, 11) is 4.30.